The number of fused-ring (bicyclic) bond motifs is 1. The number of aryl methyl sites for hydroxylation is 2. The predicted molar refractivity (Wildman–Crippen MR) is 66.5 cm³/mol. The molecular weight excluding hydrogens is 245 g/mol. The van der Waals surface area contributed by atoms with Crippen LogP contribution in [0.5, 0.6) is 0 Å². The van der Waals surface area contributed by atoms with Gasteiger partial charge < -0.3 is 0 Å². The standard InChI is InChI=1S/C13H14F3S/c1-3-4-11-8-10-6-5-9(2)7-12(10)17(11)13(14,15)16/h5-8H,3-4H2,1-2H3/q+1. The molecule has 1 unspecified atom stereocenters. The van der Waals surface area contributed by atoms with E-state index in [-0.39, 0.29) is 0 Å². The smallest absolute Gasteiger partial charge is 0.118 e. The fraction of sp³-hybridized carbons (Fsp3) is 0.385. The van der Waals surface area contributed by atoms with Gasteiger partial charge >= 0.3 is 5.51 Å². The van der Waals surface area contributed by atoms with Gasteiger partial charge in [-0.25, -0.2) is 0 Å². The first-order chi connectivity index (χ1) is 7.93. The van der Waals surface area contributed by atoms with Crippen molar-refractivity contribution in [1.82, 2.24) is 0 Å². The van der Waals surface area contributed by atoms with Crippen LogP contribution in [0.1, 0.15) is 23.8 Å². The lowest BCUT2D eigenvalue weighted by Crippen LogP contribution is -1.98. The molecule has 92 valence electrons. The number of hydrogen-bond acceptors (Lipinski definition) is 0. The Morgan fingerprint density at radius 3 is 2.47 bits per heavy atom. The van der Waals surface area contributed by atoms with Crippen LogP contribution in [0, 0.1) is 6.92 Å². The highest BCUT2D eigenvalue weighted by atomic mass is 32.2. The lowest BCUT2D eigenvalue weighted by Gasteiger charge is -1.99. The van der Waals surface area contributed by atoms with Crippen LogP contribution in [0.4, 0.5) is 13.2 Å². The van der Waals surface area contributed by atoms with Gasteiger partial charge in [-0.3, -0.25) is 0 Å². The fourth-order valence-corrected chi connectivity index (χ4v) is 4.15. The second-order valence-electron chi connectivity index (χ2n) is 4.15. The SMILES string of the molecule is CCCc1cc2ccc(C)cc2[s+]1C(F)(F)F. The van der Waals surface area contributed by atoms with E-state index >= 15 is 0 Å². The van der Waals surface area contributed by atoms with Crippen molar-refractivity contribution in [2.45, 2.75) is 32.2 Å². The van der Waals surface area contributed by atoms with E-state index in [2.05, 4.69) is 0 Å². The summed E-state index contributed by atoms with van der Waals surface area (Å²) in [6, 6.07) is 7.04. The monoisotopic (exact) mass is 259 g/mol. The average molecular weight is 259 g/mol. The van der Waals surface area contributed by atoms with Crippen molar-refractivity contribution in [3.05, 3.63) is 34.7 Å². The van der Waals surface area contributed by atoms with Crippen LogP contribution in [-0.4, -0.2) is 0 Å². The maximum Gasteiger partial charge on any atom is 0.600 e. The third kappa shape index (κ3) is 2.32. The Morgan fingerprint density at radius 1 is 1.18 bits per heavy atom. The fourth-order valence-electron chi connectivity index (χ4n) is 2.01. The van der Waals surface area contributed by atoms with Gasteiger partial charge in [-0.15, -0.1) is 13.2 Å². The number of hydrogen-bond donors (Lipinski definition) is 0. The van der Waals surface area contributed by atoms with Crippen LogP contribution >= 0.6 is 10.5 Å². The first kappa shape index (κ1) is 12.4. The molecule has 0 N–H and O–H groups in total. The molecule has 1 heterocycles. The molecular formula is C13H14F3S+. The number of halogens is 3. The maximum atomic E-state index is 13.1. The number of benzene rings is 1. The van der Waals surface area contributed by atoms with E-state index in [0.717, 1.165) is 17.4 Å². The van der Waals surface area contributed by atoms with E-state index in [4.69, 9.17) is 0 Å². The molecule has 17 heavy (non-hydrogen) atoms. The normalized spacial score (nSPS) is 13.4. The minimum atomic E-state index is -4.15. The lowest BCUT2D eigenvalue weighted by atomic mass is 10.2. The van der Waals surface area contributed by atoms with Gasteiger partial charge in [0.1, 0.15) is 0 Å². The minimum Gasteiger partial charge on any atom is -0.118 e. The third-order valence-corrected chi connectivity index (χ3v) is 4.80. The van der Waals surface area contributed by atoms with Crippen molar-refractivity contribution < 1.29 is 13.2 Å². The highest BCUT2D eigenvalue weighted by Crippen LogP contribution is 2.51. The highest BCUT2D eigenvalue weighted by Gasteiger charge is 2.47. The van der Waals surface area contributed by atoms with Crippen LogP contribution in [0.25, 0.3) is 10.1 Å². The molecule has 1 aromatic heterocycles. The van der Waals surface area contributed by atoms with Crippen molar-refractivity contribution in [3.63, 3.8) is 0 Å². The van der Waals surface area contributed by atoms with Gasteiger partial charge in [0.2, 0.25) is 0 Å². The van der Waals surface area contributed by atoms with E-state index in [1.165, 1.54) is 0 Å². The Bertz CT molecular complexity index is 537. The summed E-state index contributed by atoms with van der Waals surface area (Å²) in [6.07, 6.45) is 1.27. The van der Waals surface area contributed by atoms with Gasteiger partial charge in [0, 0.05) is 23.9 Å². The molecule has 0 nitrogen and oxygen atoms in total. The topological polar surface area (TPSA) is 0 Å². The summed E-state index contributed by atoms with van der Waals surface area (Å²) in [4.78, 5) is 0.528. The molecule has 0 aliphatic carbocycles. The van der Waals surface area contributed by atoms with E-state index in [0.29, 0.717) is 16.0 Å². The third-order valence-electron chi connectivity index (χ3n) is 2.70. The van der Waals surface area contributed by atoms with Crippen molar-refractivity contribution in [2.24, 2.45) is 0 Å². The Labute approximate surface area is 101 Å². The second kappa shape index (κ2) is 4.33. The second-order valence-corrected chi connectivity index (χ2v) is 6.19. The van der Waals surface area contributed by atoms with Gasteiger partial charge in [0.25, 0.3) is 0 Å². The molecule has 0 saturated heterocycles. The van der Waals surface area contributed by atoms with Crippen molar-refractivity contribution in [3.8, 4) is 0 Å². The quantitative estimate of drug-likeness (QED) is 0.640. The van der Waals surface area contributed by atoms with Crippen LogP contribution in [0.3, 0.4) is 0 Å². The summed E-state index contributed by atoms with van der Waals surface area (Å²) in [5, 5.41) is 0.736. The molecule has 0 radical (unpaired) electrons. The zero-order valence-electron chi connectivity index (χ0n) is 9.77. The van der Waals surface area contributed by atoms with Gasteiger partial charge in [0.05, 0.1) is 10.5 Å². The summed E-state index contributed by atoms with van der Waals surface area (Å²) in [5.74, 6) is 0. The highest BCUT2D eigenvalue weighted by molar-refractivity contribution is 7.38. The maximum absolute atomic E-state index is 13.1. The molecule has 0 spiro atoms. The average Bonchev–Trinajstić information content (AvgIpc) is 2.54. The Balaban J connectivity index is 2.73. The van der Waals surface area contributed by atoms with E-state index in [9.17, 15) is 13.2 Å². The van der Waals surface area contributed by atoms with Crippen molar-refractivity contribution >= 4 is 20.6 Å². The summed E-state index contributed by atoms with van der Waals surface area (Å²) < 4.78 is 39.8. The van der Waals surface area contributed by atoms with Gasteiger partial charge in [0.15, 0.2) is 9.58 Å². The minimum absolute atomic E-state index is 0.445. The van der Waals surface area contributed by atoms with Crippen molar-refractivity contribution in [1.29, 1.82) is 0 Å². The molecule has 0 aliphatic heterocycles. The summed E-state index contributed by atoms with van der Waals surface area (Å²) in [7, 11) is -1.71. The molecule has 0 aliphatic rings. The first-order valence-corrected chi connectivity index (χ1v) is 6.78. The summed E-state index contributed by atoms with van der Waals surface area (Å²) in [5.41, 5.74) is -3.27. The zero-order valence-corrected chi connectivity index (χ0v) is 10.6. The molecule has 4 heteroatoms. The van der Waals surface area contributed by atoms with Crippen LogP contribution in [0.2, 0.25) is 0 Å². The largest absolute Gasteiger partial charge is 0.600 e. The van der Waals surface area contributed by atoms with Gasteiger partial charge in [-0.2, -0.15) is 0 Å². The summed E-state index contributed by atoms with van der Waals surface area (Å²) in [6.45, 7) is 3.74. The Kier molecular flexibility index (Phi) is 3.17. The summed E-state index contributed by atoms with van der Waals surface area (Å²) >= 11 is 0. The van der Waals surface area contributed by atoms with E-state index < -0.39 is 16.0 Å². The molecule has 0 bridgehead atoms. The predicted octanol–water partition coefficient (Wildman–Crippen LogP) is 5.33. The van der Waals surface area contributed by atoms with Crippen molar-refractivity contribution in [2.75, 3.05) is 0 Å². The molecule has 0 fully saturated rings. The zero-order chi connectivity index (χ0) is 12.6. The Hall–Kier alpha value is -1.03. The molecule has 0 saturated carbocycles. The van der Waals surface area contributed by atoms with E-state index in [1.807, 2.05) is 19.9 Å². The van der Waals surface area contributed by atoms with Crippen LogP contribution in [0.15, 0.2) is 24.3 Å². The molecule has 1 aromatic carbocycles. The van der Waals surface area contributed by atoms with E-state index in [1.54, 1.807) is 18.2 Å². The first-order valence-electron chi connectivity index (χ1n) is 5.56. The van der Waals surface area contributed by atoms with Gasteiger partial charge in [-0.1, -0.05) is 13.0 Å². The van der Waals surface area contributed by atoms with Crippen LogP contribution < -0.4 is 0 Å². The number of rotatable bonds is 2. The van der Waals surface area contributed by atoms with Crippen LogP contribution in [-0.2, 0) is 11.9 Å². The van der Waals surface area contributed by atoms with Gasteiger partial charge in [-0.05, 0) is 25.0 Å². The molecule has 2 rings (SSSR count). The molecule has 2 aromatic rings. The Morgan fingerprint density at radius 2 is 1.88 bits per heavy atom. The number of alkyl halides is 3. The number of thiophene rings is 1. The lowest BCUT2D eigenvalue weighted by molar-refractivity contribution is -0.0867. The molecule has 0 amide bonds. The molecule has 1 atom stereocenters.